The summed E-state index contributed by atoms with van der Waals surface area (Å²) in [5.41, 5.74) is 1.01. The van der Waals surface area contributed by atoms with Crippen molar-refractivity contribution in [3.8, 4) is 5.75 Å². The lowest BCUT2D eigenvalue weighted by Gasteiger charge is -2.13. The molecule has 4 nitrogen and oxygen atoms in total. The quantitative estimate of drug-likeness (QED) is 0.856. The van der Waals surface area contributed by atoms with Crippen molar-refractivity contribution in [1.29, 1.82) is 0 Å². The van der Waals surface area contributed by atoms with E-state index in [1.807, 2.05) is 0 Å². The van der Waals surface area contributed by atoms with Gasteiger partial charge in [0.25, 0.3) is 10.0 Å². The molecular formula is C14H14FNO3S. The Labute approximate surface area is 116 Å². The van der Waals surface area contributed by atoms with Crippen LogP contribution in [0.3, 0.4) is 0 Å². The molecule has 2 rings (SSSR count). The molecule has 0 amide bonds. The van der Waals surface area contributed by atoms with Gasteiger partial charge in [0.05, 0.1) is 10.6 Å². The van der Waals surface area contributed by atoms with Crippen LogP contribution >= 0.6 is 0 Å². The van der Waals surface area contributed by atoms with Crippen LogP contribution < -0.4 is 4.72 Å². The van der Waals surface area contributed by atoms with Crippen molar-refractivity contribution in [1.82, 2.24) is 0 Å². The minimum atomic E-state index is -3.88. The Morgan fingerprint density at radius 1 is 1.10 bits per heavy atom. The summed E-state index contributed by atoms with van der Waals surface area (Å²) in [6.45, 7) is 3.18. The summed E-state index contributed by atoms with van der Waals surface area (Å²) in [7, 11) is -3.88. The molecule has 0 aliphatic carbocycles. The molecule has 6 heteroatoms. The number of hydrogen-bond acceptors (Lipinski definition) is 3. The summed E-state index contributed by atoms with van der Waals surface area (Å²) >= 11 is 0. The lowest BCUT2D eigenvalue weighted by atomic mass is 10.2. The molecule has 0 heterocycles. The van der Waals surface area contributed by atoms with Crippen molar-refractivity contribution in [3.63, 3.8) is 0 Å². The van der Waals surface area contributed by atoms with Gasteiger partial charge in [0.15, 0.2) is 0 Å². The molecule has 0 aliphatic rings. The van der Waals surface area contributed by atoms with Crippen LogP contribution in [0, 0.1) is 19.7 Å². The number of hydrogen-bond donors (Lipinski definition) is 2. The molecule has 2 aromatic rings. The molecule has 0 spiro atoms. The van der Waals surface area contributed by atoms with Gasteiger partial charge in [-0.05, 0) is 49.2 Å². The first kappa shape index (κ1) is 14.3. The number of nitrogens with one attached hydrogen (secondary N) is 1. The SMILES string of the molecule is Cc1cc(F)ccc1S(=O)(=O)Nc1c(C)cccc1O. The Morgan fingerprint density at radius 2 is 1.80 bits per heavy atom. The Balaban J connectivity index is 2.46. The van der Waals surface area contributed by atoms with E-state index < -0.39 is 15.8 Å². The Hall–Kier alpha value is -2.08. The maximum absolute atomic E-state index is 13.0. The third-order valence-electron chi connectivity index (χ3n) is 2.91. The van der Waals surface area contributed by atoms with Crippen LogP contribution in [-0.2, 0) is 10.0 Å². The van der Waals surface area contributed by atoms with Gasteiger partial charge < -0.3 is 5.11 Å². The zero-order valence-electron chi connectivity index (χ0n) is 11.0. The first-order valence-corrected chi connectivity index (χ1v) is 7.37. The molecule has 20 heavy (non-hydrogen) atoms. The summed E-state index contributed by atoms with van der Waals surface area (Å²) in [6, 6.07) is 8.11. The van der Waals surface area contributed by atoms with Crippen molar-refractivity contribution in [2.45, 2.75) is 18.7 Å². The van der Waals surface area contributed by atoms with Crippen molar-refractivity contribution >= 4 is 15.7 Å². The fourth-order valence-corrected chi connectivity index (χ4v) is 3.26. The van der Waals surface area contributed by atoms with Crippen LogP contribution in [0.4, 0.5) is 10.1 Å². The van der Waals surface area contributed by atoms with Crippen molar-refractivity contribution in [2.75, 3.05) is 4.72 Å². The molecule has 0 fully saturated rings. The Kier molecular flexibility index (Phi) is 3.67. The monoisotopic (exact) mass is 295 g/mol. The first-order valence-electron chi connectivity index (χ1n) is 5.89. The van der Waals surface area contributed by atoms with Crippen molar-refractivity contribution in [3.05, 3.63) is 53.3 Å². The number of para-hydroxylation sites is 1. The highest BCUT2D eigenvalue weighted by Crippen LogP contribution is 2.29. The van der Waals surface area contributed by atoms with Gasteiger partial charge in [-0.2, -0.15) is 0 Å². The third kappa shape index (κ3) is 2.75. The first-order chi connectivity index (χ1) is 9.31. The topological polar surface area (TPSA) is 66.4 Å². The summed E-state index contributed by atoms with van der Waals surface area (Å²) in [4.78, 5) is -0.0263. The predicted octanol–water partition coefficient (Wildman–Crippen LogP) is 2.95. The van der Waals surface area contributed by atoms with Gasteiger partial charge in [0, 0.05) is 0 Å². The molecule has 0 unspecified atom stereocenters. The van der Waals surface area contributed by atoms with E-state index in [0.717, 1.165) is 12.1 Å². The largest absolute Gasteiger partial charge is 0.506 e. The second kappa shape index (κ2) is 5.13. The molecule has 0 aliphatic heterocycles. The molecule has 0 aromatic heterocycles. The lowest BCUT2D eigenvalue weighted by Crippen LogP contribution is -2.15. The van der Waals surface area contributed by atoms with Gasteiger partial charge in [-0.25, -0.2) is 12.8 Å². The molecule has 0 bridgehead atoms. The van der Waals surface area contributed by atoms with Crippen LogP contribution in [-0.4, -0.2) is 13.5 Å². The highest BCUT2D eigenvalue weighted by Gasteiger charge is 2.19. The highest BCUT2D eigenvalue weighted by atomic mass is 32.2. The zero-order valence-corrected chi connectivity index (χ0v) is 11.8. The Bertz CT molecular complexity index is 737. The molecule has 2 N–H and O–H groups in total. The Morgan fingerprint density at radius 3 is 2.40 bits per heavy atom. The molecule has 0 saturated carbocycles. The minimum Gasteiger partial charge on any atom is -0.506 e. The third-order valence-corrected chi connectivity index (χ3v) is 4.42. The lowest BCUT2D eigenvalue weighted by molar-refractivity contribution is 0.477. The minimum absolute atomic E-state index is 0.0263. The standard InChI is InChI=1S/C14H14FNO3S/c1-9-4-3-5-12(17)14(9)16-20(18,19)13-7-6-11(15)8-10(13)2/h3-8,16-17H,1-2H3. The van der Waals surface area contributed by atoms with E-state index in [9.17, 15) is 17.9 Å². The van der Waals surface area contributed by atoms with Gasteiger partial charge in [-0.1, -0.05) is 12.1 Å². The fourth-order valence-electron chi connectivity index (χ4n) is 1.89. The smallest absolute Gasteiger partial charge is 0.262 e. The summed E-state index contributed by atoms with van der Waals surface area (Å²) in [6.07, 6.45) is 0. The number of sulfonamides is 1. The number of anilines is 1. The van der Waals surface area contributed by atoms with Gasteiger partial charge in [-0.3, -0.25) is 4.72 Å². The van der Waals surface area contributed by atoms with Gasteiger partial charge >= 0.3 is 0 Å². The number of phenolic OH excluding ortho intramolecular Hbond substituents is 1. The fraction of sp³-hybridized carbons (Fsp3) is 0.143. The number of aromatic hydroxyl groups is 1. The van der Waals surface area contributed by atoms with Crippen LogP contribution in [0.1, 0.15) is 11.1 Å². The summed E-state index contributed by atoms with van der Waals surface area (Å²) in [5.74, 6) is -0.659. The number of rotatable bonds is 3. The maximum atomic E-state index is 13.0. The van der Waals surface area contributed by atoms with E-state index in [1.165, 1.54) is 19.1 Å². The van der Waals surface area contributed by atoms with Crippen molar-refractivity contribution < 1.29 is 17.9 Å². The maximum Gasteiger partial charge on any atom is 0.262 e. The van der Waals surface area contributed by atoms with Crippen LogP contribution in [0.2, 0.25) is 0 Å². The highest BCUT2D eigenvalue weighted by molar-refractivity contribution is 7.92. The molecule has 106 valence electrons. The van der Waals surface area contributed by atoms with Gasteiger partial charge in [0.1, 0.15) is 11.6 Å². The van der Waals surface area contributed by atoms with Gasteiger partial charge in [0.2, 0.25) is 0 Å². The number of aryl methyl sites for hydroxylation is 2. The molecule has 0 saturated heterocycles. The van der Waals surface area contributed by atoms with E-state index in [-0.39, 0.29) is 16.3 Å². The summed E-state index contributed by atoms with van der Waals surface area (Å²) < 4.78 is 40.0. The van der Waals surface area contributed by atoms with Crippen LogP contribution in [0.5, 0.6) is 5.75 Å². The van der Waals surface area contributed by atoms with E-state index >= 15 is 0 Å². The summed E-state index contributed by atoms with van der Waals surface area (Å²) in [5, 5.41) is 9.73. The number of halogens is 1. The second-order valence-electron chi connectivity index (χ2n) is 4.48. The van der Waals surface area contributed by atoms with E-state index in [2.05, 4.69) is 4.72 Å². The van der Waals surface area contributed by atoms with E-state index in [4.69, 9.17) is 0 Å². The van der Waals surface area contributed by atoms with E-state index in [0.29, 0.717) is 11.1 Å². The molecule has 0 radical (unpaired) electrons. The van der Waals surface area contributed by atoms with E-state index in [1.54, 1.807) is 19.1 Å². The van der Waals surface area contributed by atoms with Crippen molar-refractivity contribution in [2.24, 2.45) is 0 Å². The number of phenols is 1. The van der Waals surface area contributed by atoms with Gasteiger partial charge in [-0.15, -0.1) is 0 Å². The zero-order chi connectivity index (χ0) is 14.9. The molecule has 2 aromatic carbocycles. The second-order valence-corrected chi connectivity index (χ2v) is 6.14. The predicted molar refractivity (Wildman–Crippen MR) is 74.8 cm³/mol. The molecular weight excluding hydrogens is 281 g/mol. The normalized spacial score (nSPS) is 11.3. The average molecular weight is 295 g/mol. The molecule has 0 atom stereocenters. The average Bonchev–Trinajstić information content (AvgIpc) is 2.33. The number of benzene rings is 2. The van der Waals surface area contributed by atoms with Crippen LogP contribution in [0.15, 0.2) is 41.3 Å². The van der Waals surface area contributed by atoms with Crippen LogP contribution in [0.25, 0.3) is 0 Å².